The molecule has 0 aromatic heterocycles. The fourth-order valence-electron chi connectivity index (χ4n) is 3.96. The zero-order valence-corrected chi connectivity index (χ0v) is 21.4. The summed E-state index contributed by atoms with van der Waals surface area (Å²) in [6, 6.07) is 23.6. The molecular formula is C24H23Cl2SiZr. The molecule has 1 radical (unpaired) electrons. The average molecular weight is 502 g/mol. The molecule has 0 amide bonds. The van der Waals surface area contributed by atoms with Crippen molar-refractivity contribution in [2.24, 2.45) is 0 Å². The molecule has 0 aliphatic rings. The Morgan fingerprint density at radius 2 is 1.36 bits per heavy atom. The van der Waals surface area contributed by atoms with Crippen molar-refractivity contribution in [1.29, 1.82) is 0 Å². The summed E-state index contributed by atoms with van der Waals surface area (Å²) in [6.07, 6.45) is 1.07. The molecule has 0 saturated carbocycles. The topological polar surface area (TPSA) is 0 Å². The van der Waals surface area contributed by atoms with E-state index in [4.69, 9.17) is 0 Å². The Hall–Kier alpha value is -0.790. The molecule has 4 aromatic carbocycles. The summed E-state index contributed by atoms with van der Waals surface area (Å²) in [5.74, 6) is 0. The number of rotatable bonds is 4. The largest absolute Gasteiger partial charge is 4.00 e. The van der Waals surface area contributed by atoms with Gasteiger partial charge in [0.1, 0.15) is 0 Å². The summed E-state index contributed by atoms with van der Waals surface area (Å²) in [6.45, 7) is 6.86. The van der Waals surface area contributed by atoms with Crippen LogP contribution in [0.15, 0.2) is 60.7 Å². The molecule has 4 heteroatoms. The quantitative estimate of drug-likeness (QED) is 0.272. The molecule has 0 nitrogen and oxygen atoms in total. The molecule has 0 aliphatic heterocycles. The molecule has 28 heavy (non-hydrogen) atoms. The summed E-state index contributed by atoms with van der Waals surface area (Å²) < 4.78 is 0. The van der Waals surface area contributed by atoms with E-state index in [-0.39, 0.29) is 51.0 Å². The van der Waals surface area contributed by atoms with E-state index in [1.807, 2.05) is 0 Å². The summed E-state index contributed by atoms with van der Waals surface area (Å²) in [4.78, 5) is 0. The van der Waals surface area contributed by atoms with E-state index in [9.17, 15) is 0 Å². The third kappa shape index (κ3) is 4.68. The van der Waals surface area contributed by atoms with Crippen LogP contribution in [0.5, 0.6) is 0 Å². The Balaban J connectivity index is 0.00000131. The summed E-state index contributed by atoms with van der Waals surface area (Å²) in [7, 11) is 0.890. The molecule has 0 atom stereocenters. The van der Waals surface area contributed by atoms with E-state index in [2.05, 4.69) is 81.4 Å². The zero-order chi connectivity index (χ0) is 17.4. The maximum absolute atomic E-state index is 2.40. The van der Waals surface area contributed by atoms with Crippen LogP contribution in [0.4, 0.5) is 0 Å². The third-order valence-electron chi connectivity index (χ3n) is 5.33. The van der Waals surface area contributed by atoms with Crippen LogP contribution in [0.2, 0.25) is 6.04 Å². The van der Waals surface area contributed by atoms with Gasteiger partial charge in [0.2, 0.25) is 0 Å². The van der Waals surface area contributed by atoms with Gasteiger partial charge in [-0.1, -0.05) is 57.5 Å². The summed E-state index contributed by atoms with van der Waals surface area (Å²) in [5.41, 5.74) is 5.86. The van der Waals surface area contributed by atoms with Gasteiger partial charge in [-0.05, 0) is 9.13 Å². The van der Waals surface area contributed by atoms with Crippen molar-refractivity contribution >= 4 is 35.8 Å². The third-order valence-corrected chi connectivity index (χ3v) is 6.55. The summed E-state index contributed by atoms with van der Waals surface area (Å²) >= 11 is 0. The Morgan fingerprint density at radius 3 is 1.89 bits per heavy atom. The van der Waals surface area contributed by atoms with Crippen molar-refractivity contribution in [1.82, 2.24) is 0 Å². The van der Waals surface area contributed by atoms with E-state index < -0.39 is 0 Å². The van der Waals surface area contributed by atoms with Gasteiger partial charge in [-0.3, -0.25) is 0 Å². The predicted octanol–water partition coefficient (Wildman–Crippen LogP) is -0.0413. The second-order valence-electron chi connectivity index (χ2n) is 6.84. The first-order valence-corrected chi connectivity index (χ1v) is 10.3. The van der Waals surface area contributed by atoms with Crippen molar-refractivity contribution in [2.75, 3.05) is 0 Å². The standard InChI is InChI=1S/C24H23Si.2ClH.Zr/c1-4-25-24(23-14-19-10-6-8-12-22(19)17(23)3)15-20-13-18-9-5-7-11-21(18)16(20)2;;;/h5-14H,4,15H2,1-3H3;2*1H;/q-2;;;+4/p-2. The van der Waals surface area contributed by atoms with Gasteiger partial charge in [0, 0.05) is 0 Å². The number of hydrogen-bond acceptors (Lipinski definition) is 0. The van der Waals surface area contributed by atoms with Crippen LogP contribution in [0, 0.1) is 13.8 Å². The minimum Gasteiger partial charge on any atom is -1.00 e. The Labute approximate surface area is 201 Å². The van der Waals surface area contributed by atoms with E-state index >= 15 is 0 Å². The second-order valence-corrected chi connectivity index (χ2v) is 8.50. The first kappa shape index (κ1) is 25.2. The molecule has 0 heterocycles. The Kier molecular flexibility index (Phi) is 9.77. The number of benzene rings is 2. The molecule has 0 aliphatic carbocycles. The Bertz CT molecular complexity index is 1090. The number of hydrogen-bond donors (Lipinski definition) is 0. The van der Waals surface area contributed by atoms with Crippen molar-refractivity contribution in [3.63, 3.8) is 0 Å². The van der Waals surface area contributed by atoms with Gasteiger partial charge < -0.3 is 24.8 Å². The predicted molar refractivity (Wildman–Crippen MR) is 113 cm³/mol. The normalized spacial score (nSPS) is 11.0. The van der Waals surface area contributed by atoms with Crippen LogP contribution < -0.4 is 24.8 Å². The van der Waals surface area contributed by atoms with Crippen molar-refractivity contribution in [3.8, 4) is 0 Å². The number of halogens is 2. The molecule has 0 spiro atoms. The molecule has 0 unspecified atom stereocenters. The zero-order valence-electron chi connectivity index (χ0n) is 16.4. The molecule has 0 N–H and O–H groups in total. The fourth-order valence-corrected chi connectivity index (χ4v) is 5.15. The van der Waals surface area contributed by atoms with Crippen LogP contribution in [-0.2, 0) is 32.6 Å². The first-order chi connectivity index (χ1) is 12.2. The van der Waals surface area contributed by atoms with Gasteiger partial charge in [-0.15, -0.1) is 79.8 Å². The average Bonchev–Trinajstić information content (AvgIpc) is 3.13. The van der Waals surface area contributed by atoms with E-state index in [1.165, 1.54) is 49.8 Å². The minimum absolute atomic E-state index is 0. The molecule has 4 rings (SSSR count). The van der Waals surface area contributed by atoms with Crippen molar-refractivity contribution < 1.29 is 51.0 Å². The van der Waals surface area contributed by atoms with Gasteiger partial charge in [-0.2, -0.15) is 5.56 Å². The maximum atomic E-state index is 2.40. The molecule has 0 bridgehead atoms. The van der Waals surface area contributed by atoms with E-state index in [1.54, 1.807) is 5.17 Å². The fraction of sp³-hybridized carbons (Fsp3) is 0.208. The van der Waals surface area contributed by atoms with Gasteiger partial charge in [0.15, 0.2) is 0 Å². The van der Waals surface area contributed by atoms with Crippen LogP contribution >= 0.6 is 0 Å². The maximum Gasteiger partial charge on any atom is 4.00 e. The number of aryl methyl sites for hydroxylation is 2. The smallest absolute Gasteiger partial charge is 1.00 e. The van der Waals surface area contributed by atoms with Crippen LogP contribution in [0.3, 0.4) is 0 Å². The van der Waals surface area contributed by atoms with Gasteiger partial charge in [0.25, 0.3) is 0 Å². The first-order valence-electron chi connectivity index (χ1n) is 9.08. The van der Waals surface area contributed by atoms with Crippen molar-refractivity contribution in [3.05, 3.63) is 82.9 Å². The van der Waals surface area contributed by atoms with Gasteiger partial charge in [0.05, 0.1) is 0 Å². The molecular weight excluding hydrogens is 478 g/mol. The monoisotopic (exact) mass is 499 g/mol. The number of fused-ring (bicyclic) bond motifs is 2. The minimum atomic E-state index is 0. The SMILES string of the molecule is CC[Si]=C(Cc1[cH-]c2ccccc2c1C)c1[cH-]c2ccccc2c1C.[Cl-].[Cl-].[Zr+4]. The summed E-state index contributed by atoms with van der Waals surface area (Å²) in [5, 5.41) is 7.16. The van der Waals surface area contributed by atoms with E-state index in [0.717, 1.165) is 15.6 Å². The molecule has 4 aromatic rings. The molecule has 0 fully saturated rings. The second kappa shape index (κ2) is 10.8. The van der Waals surface area contributed by atoms with Crippen LogP contribution in [-0.4, -0.2) is 14.3 Å². The van der Waals surface area contributed by atoms with Crippen LogP contribution in [0.1, 0.15) is 29.2 Å². The van der Waals surface area contributed by atoms with E-state index in [0.29, 0.717) is 0 Å². The van der Waals surface area contributed by atoms with Gasteiger partial charge in [-0.25, -0.2) is 0 Å². The van der Waals surface area contributed by atoms with Crippen molar-refractivity contribution in [2.45, 2.75) is 33.2 Å². The van der Waals surface area contributed by atoms with Crippen LogP contribution in [0.25, 0.3) is 21.5 Å². The Morgan fingerprint density at radius 1 is 0.821 bits per heavy atom. The van der Waals surface area contributed by atoms with Gasteiger partial charge >= 0.3 is 26.2 Å². The molecule has 141 valence electrons. The molecule has 0 saturated heterocycles.